The minimum Gasteiger partial charge on any atom is -0.347 e. The van der Waals surface area contributed by atoms with Crippen LogP contribution in [-0.4, -0.2) is 47.0 Å². The minimum absolute atomic E-state index is 0.102. The van der Waals surface area contributed by atoms with Gasteiger partial charge in [0.2, 0.25) is 5.91 Å². The lowest BCUT2D eigenvalue weighted by Gasteiger charge is -2.24. The number of nitrogens with one attached hydrogen (secondary N) is 1. The van der Waals surface area contributed by atoms with E-state index in [9.17, 15) is 4.79 Å². The lowest BCUT2D eigenvalue weighted by Crippen LogP contribution is -2.38. The predicted molar refractivity (Wildman–Crippen MR) is 85.8 cm³/mol. The zero-order valence-corrected chi connectivity index (χ0v) is 12.8. The highest BCUT2D eigenvalue weighted by Gasteiger charge is 2.18. The van der Waals surface area contributed by atoms with E-state index in [-0.39, 0.29) is 5.91 Å². The molecule has 1 aliphatic heterocycles. The highest BCUT2D eigenvalue weighted by Crippen LogP contribution is 2.15. The summed E-state index contributed by atoms with van der Waals surface area (Å²) in [5, 5.41) is 12.8. The molecule has 1 saturated heterocycles. The van der Waals surface area contributed by atoms with Crippen molar-refractivity contribution < 1.29 is 4.79 Å². The SMILES string of the molecule is CC(=O)N1CCCN(C(=S)Nc2ccccc2C#N)CC1. The molecular weight excluding hydrogens is 284 g/mol. The molecule has 0 aromatic heterocycles. The number of benzene rings is 1. The number of thiocarbonyl (C=S) groups is 1. The molecular formula is C15H18N4OS. The van der Waals surface area contributed by atoms with Crippen LogP contribution in [0.3, 0.4) is 0 Å². The van der Waals surface area contributed by atoms with Crippen LogP contribution in [0.4, 0.5) is 5.69 Å². The maximum Gasteiger partial charge on any atom is 0.219 e. The summed E-state index contributed by atoms with van der Waals surface area (Å²) >= 11 is 5.43. The van der Waals surface area contributed by atoms with Crippen LogP contribution < -0.4 is 5.32 Å². The van der Waals surface area contributed by atoms with Gasteiger partial charge in [0.25, 0.3) is 0 Å². The zero-order valence-electron chi connectivity index (χ0n) is 12.0. The molecule has 0 spiro atoms. The first-order valence-electron chi connectivity index (χ1n) is 6.92. The normalized spacial score (nSPS) is 15.0. The van der Waals surface area contributed by atoms with Gasteiger partial charge in [0.15, 0.2) is 5.11 Å². The highest BCUT2D eigenvalue weighted by atomic mass is 32.1. The van der Waals surface area contributed by atoms with E-state index in [0.717, 1.165) is 25.2 Å². The Hall–Kier alpha value is -2.13. The van der Waals surface area contributed by atoms with Crippen LogP contribution in [-0.2, 0) is 4.79 Å². The van der Waals surface area contributed by atoms with Crippen LogP contribution in [0.1, 0.15) is 18.9 Å². The molecule has 1 fully saturated rings. The first kappa shape index (κ1) is 15.3. The van der Waals surface area contributed by atoms with Crippen LogP contribution in [0.2, 0.25) is 0 Å². The lowest BCUT2D eigenvalue weighted by molar-refractivity contribution is -0.128. The minimum atomic E-state index is 0.102. The third-order valence-electron chi connectivity index (χ3n) is 3.52. The van der Waals surface area contributed by atoms with E-state index in [2.05, 4.69) is 11.4 Å². The monoisotopic (exact) mass is 302 g/mol. The van der Waals surface area contributed by atoms with Gasteiger partial charge in [-0.25, -0.2) is 0 Å². The maximum absolute atomic E-state index is 11.4. The van der Waals surface area contributed by atoms with Gasteiger partial charge in [-0.05, 0) is 30.8 Å². The Morgan fingerprint density at radius 3 is 2.62 bits per heavy atom. The fourth-order valence-corrected chi connectivity index (χ4v) is 2.61. The van der Waals surface area contributed by atoms with Crippen LogP contribution in [0.15, 0.2) is 24.3 Å². The molecule has 1 aromatic carbocycles. The van der Waals surface area contributed by atoms with Crippen molar-refractivity contribution in [3.8, 4) is 6.07 Å². The van der Waals surface area contributed by atoms with E-state index in [0.29, 0.717) is 23.8 Å². The van der Waals surface area contributed by atoms with Gasteiger partial charge in [0.1, 0.15) is 6.07 Å². The third-order valence-corrected chi connectivity index (χ3v) is 3.88. The fourth-order valence-electron chi connectivity index (χ4n) is 2.32. The molecule has 6 heteroatoms. The van der Waals surface area contributed by atoms with E-state index < -0.39 is 0 Å². The largest absolute Gasteiger partial charge is 0.347 e. The second kappa shape index (κ2) is 7.04. The molecule has 1 aliphatic rings. The Labute approximate surface area is 130 Å². The number of carbonyl (C=O) groups is 1. The van der Waals surface area contributed by atoms with Gasteiger partial charge in [-0.3, -0.25) is 4.79 Å². The quantitative estimate of drug-likeness (QED) is 0.802. The standard InChI is InChI=1S/C15H18N4OS/c1-12(20)18-7-4-8-19(10-9-18)15(21)17-14-6-3-2-5-13(14)11-16/h2-3,5-6H,4,7-10H2,1H3,(H,17,21). The number of rotatable bonds is 1. The molecule has 0 bridgehead atoms. The average Bonchev–Trinajstić information content (AvgIpc) is 2.73. The van der Waals surface area contributed by atoms with Crippen molar-refractivity contribution in [2.45, 2.75) is 13.3 Å². The predicted octanol–water partition coefficient (Wildman–Crippen LogP) is 1.81. The molecule has 1 amide bonds. The number of para-hydroxylation sites is 1. The summed E-state index contributed by atoms with van der Waals surface area (Å²) in [4.78, 5) is 15.3. The first-order chi connectivity index (χ1) is 10.1. The smallest absolute Gasteiger partial charge is 0.219 e. The van der Waals surface area contributed by atoms with Gasteiger partial charge in [-0.2, -0.15) is 5.26 Å². The van der Waals surface area contributed by atoms with E-state index in [1.807, 2.05) is 28.0 Å². The number of carbonyl (C=O) groups excluding carboxylic acids is 1. The number of nitrogens with zero attached hydrogens (tertiary/aromatic N) is 3. The summed E-state index contributed by atoms with van der Waals surface area (Å²) in [6.07, 6.45) is 0.890. The van der Waals surface area contributed by atoms with E-state index in [1.165, 1.54) is 0 Å². The Bertz CT molecular complexity index is 581. The Balaban J connectivity index is 2.01. The van der Waals surface area contributed by atoms with Crippen molar-refractivity contribution >= 4 is 28.9 Å². The average molecular weight is 302 g/mol. The molecule has 0 aliphatic carbocycles. The van der Waals surface area contributed by atoms with Crippen LogP contribution >= 0.6 is 12.2 Å². The number of hydrogen-bond donors (Lipinski definition) is 1. The first-order valence-corrected chi connectivity index (χ1v) is 7.33. The second-order valence-corrected chi connectivity index (χ2v) is 5.32. The van der Waals surface area contributed by atoms with E-state index in [1.54, 1.807) is 13.0 Å². The Morgan fingerprint density at radius 1 is 1.24 bits per heavy atom. The van der Waals surface area contributed by atoms with Crippen molar-refractivity contribution in [1.29, 1.82) is 5.26 Å². The maximum atomic E-state index is 11.4. The topological polar surface area (TPSA) is 59.4 Å². The van der Waals surface area contributed by atoms with E-state index in [4.69, 9.17) is 17.5 Å². The molecule has 110 valence electrons. The highest BCUT2D eigenvalue weighted by molar-refractivity contribution is 7.80. The van der Waals surface area contributed by atoms with Gasteiger partial charge in [0.05, 0.1) is 11.3 Å². The van der Waals surface area contributed by atoms with Gasteiger partial charge in [-0.1, -0.05) is 12.1 Å². The van der Waals surface area contributed by atoms with Gasteiger partial charge in [0, 0.05) is 33.1 Å². The summed E-state index contributed by atoms with van der Waals surface area (Å²) in [5.74, 6) is 0.102. The van der Waals surface area contributed by atoms with Crippen molar-refractivity contribution in [2.24, 2.45) is 0 Å². The zero-order chi connectivity index (χ0) is 15.2. The second-order valence-electron chi connectivity index (χ2n) is 4.93. The molecule has 0 saturated carbocycles. The number of nitriles is 1. The van der Waals surface area contributed by atoms with Crippen LogP contribution in [0.25, 0.3) is 0 Å². The summed E-state index contributed by atoms with van der Waals surface area (Å²) in [6.45, 7) is 4.56. The summed E-state index contributed by atoms with van der Waals surface area (Å²) < 4.78 is 0. The molecule has 0 radical (unpaired) electrons. The molecule has 0 unspecified atom stereocenters. The third kappa shape index (κ3) is 3.92. The molecule has 21 heavy (non-hydrogen) atoms. The number of amides is 1. The molecule has 1 N–H and O–H groups in total. The molecule has 5 nitrogen and oxygen atoms in total. The fraction of sp³-hybridized carbons (Fsp3) is 0.400. The summed E-state index contributed by atoms with van der Waals surface area (Å²) in [6, 6.07) is 9.43. The molecule has 1 aromatic rings. The van der Waals surface area contributed by atoms with Gasteiger partial charge >= 0.3 is 0 Å². The lowest BCUT2D eigenvalue weighted by atomic mass is 10.2. The van der Waals surface area contributed by atoms with Crippen molar-refractivity contribution in [3.05, 3.63) is 29.8 Å². The number of hydrogen-bond acceptors (Lipinski definition) is 3. The van der Waals surface area contributed by atoms with Crippen molar-refractivity contribution in [1.82, 2.24) is 9.80 Å². The molecule has 2 rings (SSSR count). The number of anilines is 1. The Kier molecular flexibility index (Phi) is 5.12. The molecule has 0 atom stereocenters. The van der Waals surface area contributed by atoms with Crippen molar-refractivity contribution in [3.63, 3.8) is 0 Å². The Morgan fingerprint density at radius 2 is 1.90 bits per heavy atom. The van der Waals surface area contributed by atoms with Crippen molar-refractivity contribution in [2.75, 3.05) is 31.5 Å². The molecule has 1 heterocycles. The summed E-state index contributed by atoms with van der Waals surface area (Å²) in [7, 11) is 0. The van der Waals surface area contributed by atoms with E-state index >= 15 is 0 Å². The van der Waals surface area contributed by atoms with Crippen LogP contribution in [0, 0.1) is 11.3 Å². The summed E-state index contributed by atoms with van der Waals surface area (Å²) in [5.41, 5.74) is 1.29. The van der Waals surface area contributed by atoms with Gasteiger partial charge in [-0.15, -0.1) is 0 Å². The van der Waals surface area contributed by atoms with Crippen LogP contribution in [0.5, 0.6) is 0 Å². The van der Waals surface area contributed by atoms with Gasteiger partial charge < -0.3 is 15.1 Å².